The van der Waals surface area contributed by atoms with E-state index in [2.05, 4.69) is 59.5 Å². The van der Waals surface area contributed by atoms with Gasteiger partial charge in [0.25, 0.3) is 0 Å². The van der Waals surface area contributed by atoms with Gasteiger partial charge in [0.15, 0.2) is 0 Å². The summed E-state index contributed by atoms with van der Waals surface area (Å²) in [7, 11) is 0. The van der Waals surface area contributed by atoms with Gasteiger partial charge in [-0.25, -0.2) is 0 Å². The van der Waals surface area contributed by atoms with Crippen LogP contribution in [0.2, 0.25) is 0 Å². The van der Waals surface area contributed by atoms with Gasteiger partial charge in [0.2, 0.25) is 0 Å². The van der Waals surface area contributed by atoms with Gasteiger partial charge in [0.1, 0.15) is 5.78 Å². The van der Waals surface area contributed by atoms with E-state index < -0.39 is 0 Å². The molecule has 2 aromatic rings. The lowest BCUT2D eigenvalue weighted by molar-refractivity contribution is -0.129. The van der Waals surface area contributed by atoms with Crippen LogP contribution in [0.5, 0.6) is 0 Å². The Kier molecular flexibility index (Phi) is 6.59. The summed E-state index contributed by atoms with van der Waals surface area (Å²) >= 11 is 0. The molecule has 24 heavy (non-hydrogen) atoms. The maximum absolute atomic E-state index is 12.4. The Bertz CT molecular complexity index is 633. The number of piperidine rings is 1. The van der Waals surface area contributed by atoms with Gasteiger partial charge in [-0.15, -0.1) is 0 Å². The summed E-state index contributed by atoms with van der Waals surface area (Å²) < 4.78 is 0. The molecule has 1 fully saturated rings. The Morgan fingerprint density at radius 2 is 1.42 bits per heavy atom. The minimum absolute atomic E-state index is 0. The van der Waals surface area contributed by atoms with E-state index in [0.29, 0.717) is 5.78 Å². The number of carbonyl (C=O) groups is 1. The second-order valence-electron chi connectivity index (χ2n) is 6.76. The third kappa shape index (κ3) is 4.46. The Hall–Kier alpha value is -1.64. The molecule has 0 N–H and O–H groups in total. The fourth-order valence-corrected chi connectivity index (χ4v) is 3.62. The molecule has 1 aliphatic rings. The van der Waals surface area contributed by atoms with Gasteiger partial charge in [-0.1, -0.05) is 60.7 Å². The highest BCUT2D eigenvalue weighted by atomic mass is 35.5. The standard InChI is InChI=1S/C21H25NO.ClH/c1-18(23)21(16-19-8-4-2-5-9-19)12-14-22(15-13-21)17-20-10-6-3-7-11-20;/h2-11H,12-17H2,1H3;1H/p-1. The third-order valence-electron chi connectivity index (χ3n) is 5.19. The van der Waals surface area contributed by atoms with Crippen LogP contribution in [0.15, 0.2) is 60.7 Å². The average molecular weight is 343 g/mol. The highest BCUT2D eigenvalue weighted by molar-refractivity contribution is 5.82. The molecular formula is C21H25ClNO-. The molecule has 0 spiro atoms. The first-order valence-electron chi connectivity index (χ1n) is 8.49. The van der Waals surface area contributed by atoms with Crippen molar-refractivity contribution in [1.29, 1.82) is 0 Å². The minimum atomic E-state index is -0.172. The number of hydrogen-bond donors (Lipinski definition) is 0. The van der Waals surface area contributed by atoms with Crippen LogP contribution in [-0.4, -0.2) is 23.8 Å². The summed E-state index contributed by atoms with van der Waals surface area (Å²) in [4.78, 5) is 14.8. The average Bonchev–Trinajstić information content (AvgIpc) is 2.58. The lowest BCUT2D eigenvalue weighted by Crippen LogP contribution is -3.00. The van der Waals surface area contributed by atoms with Gasteiger partial charge < -0.3 is 12.4 Å². The Labute approximate surface area is 151 Å². The van der Waals surface area contributed by atoms with Crippen LogP contribution >= 0.6 is 0 Å². The molecule has 0 bridgehead atoms. The molecule has 1 saturated heterocycles. The van der Waals surface area contributed by atoms with Crippen LogP contribution in [0.1, 0.15) is 30.9 Å². The van der Waals surface area contributed by atoms with Crippen LogP contribution in [-0.2, 0) is 17.8 Å². The molecule has 3 heteroatoms. The monoisotopic (exact) mass is 342 g/mol. The van der Waals surface area contributed by atoms with Crippen LogP contribution in [0.4, 0.5) is 0 Å². The van der Waals surface area contributed by atoms with E-state index in [0.717, 1.165) is 38.9 Å². The van der Waals surface area contributed by atoms with E-state index in [9.17, 15) is 4.79 Å². The zero-order valence-corrected chi connectivity index (χ0v) is 15.0. The molecule has 2 nitrogen and oxygen atoms in total. The van der Waals surface area contributed by atoms with Crippen molar-refractivity contribution in [3.8, 4) is 0 Å². The summed E-state index contributed by atoms with van der Waals surface area (Å²) in [5, 5.41) is 0. The highest BCUT2D eigenvalue weighted by Crippen LogP contribution is 2.36. The van der Waals surface area contributed by atoms with E-state index in [-0.39, 0.29) is 17.8 Å². The third-order valence-corrected chi connectivity index (χ3v) is 5.19. The molecule has 1 aliphatic heterocycles. The number of benzene rings is 2. The number of hydrogen-bond acceptors (Lipinski definition) is 2. The zero-order valence-electron chi connectivity index (χ0n) is 14.2. The molecule has 0 atom stereocenters. The largest absolute Gasteiger partial charge is 1.00 e. The maximum atomic E-state index is 12.4. The zero-order chi connectivity index (χ0) is 16.1. The van der Waals surface area contributed by atoms with E-state index in [1.165, 1.54) is 11.1 Å². The fraction of sp³-hybridized carbons (Fsp3) is 0.381. The Balaban J connectivity index is 0.00000208. The normalized spacial score (nSPS) is 17.0. The second-order valence-corrected chi connectivity index (χ2v) is 6.76. The number of rotatable bonds is 5. The van der Waals surface area contributed by atoms with Gasteiger partial charge in [-0.05, 0) is 50.4 Å². The topological polar surface area (TPSA) is 20.3 Å². The van der Waals surface area contributed by atoms with E-state index in [1.807, 2.05) is 6.07 Å². The first-order valence-corrected chi connectivity index (χ1v) is 8.49. The summed E-state index contributed by atoms with van der Waals surface area (Å²) in [6.07, 6.45) is 2.80. The van der Waals surface area contributed by atoms with Crippen molar-refractivity contribution >= 4 is 5.78 Å². The van der Waals surface area contributed by atoms with Crippen molar-refractivity contribution in [2.45, 2.75) is 32.7 Å². The van der Waals surface area contributed by atoms with E-state index in [1.54, 1.807) is 6.92 Å². The van der Waals surface area contributed by atoms with Crippen molar-refractivity contribution in [2.75, 3.05) is 13.1 Å². The first-order chi connectivity index (χ1) is 11.2. The van der Waals surface area contributed by atoms with Crippen molar-refractivity contribution in [2.24, 2.45) is 5.41 Å². The van der Waals surface area contributed by atoms with Crippen LogP contribution < -0.4 is 12.4 Å². The number of nitrogens with zero attached hydrogens (tertiary/aromatic N) is 1. The molecule has 0 unspecified atom stereocenters. The van der Waals surface area contributed by atoms with Crippen molar-refractivity contribution < 1.29 is 17.2 Å². The Morgan fingerprint density at radius 1 is 0.917 bits per heavy atom. The molecule has 128 valence electrons. The molecule has 0 amide bonds. The smallest absolute Gasteiger partial charge is 0.136 e. The van der Waals surface area contributed by atoms with Crippen molar-refractivity contribution in [3.63, 3.8) is 0 Å². The van der Waals surface area contributed by atoms with Crippen molar-refractivity contribution in [1.82, 2.24) is 4.90 Å². The number of likely N-dealkylation sites (tertiary alicyclic amines) is 1. The summed E-state index contributed by atoms with van der Waals surface area (Å²) in [6, 6.07) is 21.0. The Morgan fingerprint density at radius 3 is 1.92 bits per heavy atom. The molecule has 3 rings (SSSR count). The van der Waals surface area contributed by atoms with E-state index >= 15 is 0 Å². The van der Waals surface area contributed by atoms with E-state index in [4.69, 9.17) is 0 Å². The first kappa shape index (κ1) is 18.7. The predicted molar refractivity (Wildman–Crippen MR) is 94.2 cm³/mol. The summed E-state index contributed by atoms with van der Waals surface area (Å²) in [5.41, 5.74) is 2.46. The lowest BCUT2D eigenvalue weighted by atomic mass is 9.71. The van der Waals surface area contributed by atoms with Crippen LogP contribution in [0, 0.1) is 5.41 Å². The highest BCUT2D eigenvalue weighted by Gasteiger charge is 2.38. The molecule has 0 saturated carbocycles. The number of ketones is 1. The maximum Gasteiger partial charge on any atom is 0.136 e. The van der Waals surface area contributed by atoms with Crippen LogP contribution in [0.25, 0.3) is 0 Å². The molecule has 0 aliphatic carbocycles. The number of halogens is 1. The fourth-order valence-electron chi connectivity index (χ4n) is 3.62. The molecule has 1 heterocycles. The lowest BCUT2D eigenvalue weighted by Gasteiger charge is -2.40. The SMILES string of the molecule is CC(=O)C1(Cc2ccccc2)CCN(Cc2ccccc2)CC1.[Cl-]. The van der Waals surface area contributed by atoms with Gasteiger partial charge >= 0.3 is 0 Å². The number of Topliss-reactive ketones (excluding diaryl/α,β-unsaturated/α-hetero) is 1. The molecule has 0 aromatic heterocycles. The summed E-state index contributed by atoms with van der Waals surface area (Å²) in [5.74, 6) is 0.348. The number of carbonyl (C=O) groups excluding carboxylic acids is 1. The second kappa shape index (κ2) is 8.46. The van der Waals surface area contributed by atoms with Gasteiger partial charge in [0, 0.05) is 12.0 Å². The minimum Gasteiger partial charge on any atom is -1.00 e. The predicted octanol–water partition coefficient (Wildman–Crippen LogP) is 1.10. The van der Waals surface area contributed by atoms with Crippen molar-refractivity contribution in [3.05, 3.63) is 71.8 Å². The molecule has 2 aromatic carbocycles. The molecule has 0 radical (unpaired) electrons. The van der Waals surface area contributed by atoms with Gasteiger partial charge in [-0.3, -0.25) is 9.69 Å². The summed E-state index contributed by atoms with van der Waals surface area (Å²) in [6.45, 7) is 4.76. The van der Waals surface area contributed by atoms with Gasteiger partial charge in [-0.2, -0.15) is 0 Å². The quantitative estimate of drug-likeness (QED) is 0.811. The van der Waals surface area contributed by atoms with Crippen LogP contribution in [0.3, 0.4) is 0 Å². The van der Waals surface area contributed by atoms with Gasteiger partial charge in [0.05, 0.1) is 0 Å². The molecular weight excluding hydrogens is 318 g/mol.